The predicted molar refractivity (Wildman–Crippen MR) is 158 cm³/mol. The average molecular weight is 562 g/mol. The lowest BCUT2D eigenvalue weighted by Gasteiger charge is -2.12. The number of hydrogen-bond donors (Lipinski definition) is 2. The van der Waals surface area contributed by atoms with Crippen molar-refractivity contribution in [3.05, 3.63) is 95.3 Å². The second-order valence-electron chi connectivity index (χ2n) is 9.40. The number of hydrogen-bond acceptors (Lipinski definition) is 4. The molecule has 4 aromatic carbocycles. The van der Waals surface area contributed by atoms with Gasteiger partial charge in [-0.25, -0.2) is 4.98 Å². The zero-order chi connectivity index (χ0) is 28.4. The van der Waals surface area contributed by atoms with E-state index < -0.39 is 12.8 Å². The van der Waals surface area contributed by atoms with Crippen LogP contribution in [0.25, 0.3) is 27.5 Å². The summed E-state index contributed by atoms with van der Waals surface area (Å²) in [5, 5.41) is 9.85. The minimum atomic E-state index is -4.39. The highest BCUT2D eigenvalue weighted by Gasteiger charge is 2.28. The number of alkyl halides is 3. The molecule has 5 rings (SSSR count). The van der Waals surface area contributed by atoms with Crippen molar-refractivity contribution in [1.82, 2.24) is 15.0 Å². The van der Waals surface area contributed by atoms with Crippen molar-refractivity contribution in [1.29, 1.82) is 0 Å². The molecule has 0 bridgehead atoms. The zero-order valence-corrected chi connectivity index (χ0v) is 22.8. The number of thiocarbonyl (C=S) groups is 1. The van der Waals surface area contributed by atoms with E-state index in [1.807, 2.05) is 73.9 Å². The molecule has 0 atom stereocenters. The molecule has 0 saturated carbocycles. The van der Waals surface area contributed by atoms with Gasteiger partial charge in [-0.1, -0.05) is 36.4 Å². The third-order valence-electron chi connectivity index (χ3n) is 6.43. The van der Waals surface area contributed by atoms with Crippen molar-refractivity contribution >= 4 is 51.0 Å². The quantitative estimate of drug-likeness (QED) is 0.129. The number of benzene rings is 4. The lowest BCUT2D eigenvalue weighted by molar-refractivity contribution is -0.153. The van der Waals surface area contributed by atoms with Crippen LogP contribution in [0.4, 0.5) is 18.9 Å². The molecule has 0 aliphatic carbocycles. The van der Waals surface area contributed by atoms with Gasteiger partial charge in [-0.2, -0.15) is 18.3 Å². The fourth-order valence-corrected chi connectivity index (χ4v) is 4.74. The fraction of sp³-hybridized carbons (Fsp3) is 0.167. The van der Waals surface area contributed by atoms with E-state index in [0.717, 1.165) is 55.7 Å². The molecular weight excluding hydrogens is 535 g/mol. The Balaban J connectivity index is 1.33. The standard InChI is InChI=1S/C30H26F3N5OS/c1-18-5-4-6-19(2)27(18)36-29(40)37-34-16-21-7-13-25-22(15-21)8-14-26-28(25)35-20(3)38(26)23-9-11-24(12-10-23)39-17-30(31,32)33/h4-16H,17H2,1-3H3,(H2,36,37,40)/b34-16+. The summed E-state index contributed by atoms with van der Waals surface area (Å²) in [5.74, 6) is 0.908. The molecule has 10 heteroatoms. The Morgan fingerprint density at radius 1 is 1.00 bits per heavy atom. The molecule has 0 fully saturated rings. The second kappa shape index (κ2) is 11.0. The van der Waals surface area contributed by atoms with E-state index in [2.05, 4.69) is 15.8 Å². The Labute approximate surface area is 234 Å². The van der Waals surface area contributed by atoms with Crippen LogP contribution < -0.4 is 15.5 Å². The van der Waals surface area contributed by atoms with Gasteiger partial charge in [0.05, 0.1) is 17.2 Å². The first-order valence-electron chi connectivity index (χ1n) is 12.5. The Morgan fingerprint density at radius 2 is 1.73 bits per heavy atom. The molecule has 0 aliphatic rings. The molecule has 0 spiro atoms. The SMILES string of the molecule is Cc1cccc(C)c1NC(=S)N/N=C/c1ccc2c(ccc3c2nc(C)n3-c2ccc(OCC(F)(F)F)cc2)c1. The molecular formula is C30H26F3N5OS. The molecule has 0 radical (unpaired) electrons. The van der Waals surface area contributed by atoms with E-state index in [4.69, 9.17) is 21.9 Å². The summed E-state index contributed by atoms with van der Waals surface area (Å²) in [4.78, 5) is 4.79. The molecule has 204 valence electrons. The van der Waals surface area contributed by atoms with Gasteiger partial charge in [-0.15, -0.1) is 0 Å². The van der Waals surface area contributed by atoms with Gasteiger partial charge >= 0.3 is 6.18 Å². The third-order valence-corrected chi connectivity index (χ3v) is 6.62. The van der Waals surface area contributed by atoms with Crippen LogP contribution in [0.15, 0.2) is 77.9 Å². The maximum Gasteiger partial charge on any atom is 0.422 e. The summed E-state index contributed by atoms with van der Waals surface area (Å²) < 4.78 is 44.2. The minimum Gasteiger partial charge on any atom is -0.484 e. The molecule has 2 N–H and O–H groups in total. The van der Waals surface area contributed by atoms with Gasteiger partial charge in [-0.3, -0.25) is 9.99 Å². The number of aromatic nitrogens is 2. The van der Waals surface area contributed by atoms with Gasteiger partial charge in [0, 0.05) is 16.8 Å². The van der Waals surface area contributed by atoms with Crippen molar-refractivity contribution in [3.63, 3.8) is 0 Å². The Bertz CT molecular complexity index is 1720. The smallest absolute Gasteiger partial charge is 0.422 e. The van der Waals surface area contributed by atoms with Crippen LogP contribution in [0.1, 0.15) is 22.5 Å². The lowest BCUT2D eigenvalue weighted by atomic mass is 10.1. The van der Waals surface area contributed by atoms with E-state index in [0.29, 0.717) is 5.11 Å². The largest absolute Gasteiger partial charge is 0.484 e. The second-order valence-corrected chi connectivity index (χ2v) is 9.81. The average Bonchev–Trinajstić information content (AvgIpc) is 3.25. The molecule has 6 nitrogen and oxygen atoms in total. The first-order valence-corrected chi connectivity index (χ1v) is 12.9. The Hall–Kier alpha value is -4.44. The predicted octanol–water partition coefficient (Wildman–Crippen LogP) is 7.37. The Kier molecular flexibility index (Phi) is 7.44. The number of halogens is 3. The minimum absolute atomic E-state index is 0.152. The fourth-order valence-electron chi connectivity index (χ4n) is 4.59. The summed E-state index contributed by atoms with van der Waals surface area (Å²) in [6.45, 7) is 4.60. The van der Waals surface area contributed by atoms with Crippen molar-refractivity contribution in [2.24, 2.45) is 5.10 Å². The summed E-state index contributed by atoms with van der Waals surface area (Å²) in [6, 6.07) is 22.5. The van der Waals surface area contributed by atoms with Gasteiger partial charge in [0.1, 0.15) is 11.6 Å². The number of fused-ring (bicyclic) bond motifs is 3. The van der Waals surface area contributed by atoms with E-state index in [1.54, 1.807) is 18.3 Å². The monoisotopic (exact) mass is 561 g/mol. The molecule has 5 aromatic rings. The number of hydrazone groups is 1. The highest BCUT2D eigenvalue weighted by atomic mass is 32.1. The van der Waals surface area contributed by atoms with Crippen LogP contribution in [0, 0.1) is 20.8 Å². The summed E-state index contributed by atoms with van der Waals surface area (Å²) in [6.07, 6.45) is -2.68. The van der Waals surface area contributed by atoms with E-state index in [1.165, 1.54) is 12.1 Å². The molecule has 0 aliphatic heterocycles. The van der Waals surface area contributed by atoms with Gasteiger partial charge in [0.15, 0.2) is 11.7 Å². The molecule has 0 unspecified atom stereocenters. The lowest BCUT2D eigenvalue weighted by Crippen LogP contribution is -2.24. The van der Waals surface area contributed by atoms with Crippen LogP contribution in [0.5, 0.6) is 5.75 Å². The number of rotatable bonds is 6. The summed E-state index contributed by atoms with van der Waals surface area (Å²) in [7, 11) is 0. The number of ether oxygens (including phenoxy) is 1. The van der Waals surface area contributed by atoms with Gasteiger partial charge in [0.2, 0.25) is 0 Å². The number of imidazole rings is 1. The number of para-hydroxylation sites is 1. The zero-order valence-electron chi connectivity index (χ0n) is 22.0. The number of nitrogens with zero attached hydrogens (tertiary/aromatic N) is 3. The van der Waals surface area contributed by atoms with Crippen molar-refractivity contribution in [2.75, 3.05) is 11.9 Å². The van der Waals surface area contributed by atoms with Gasteiger partial charge in [0.25, 0.3) is 0 Å². The number of nitrogens with one attached hydrogen (secondary N) is 2. The normalized spacial score (nSPS) is 11.8. The van der Waals surface area contributed by atoms with Crippen LogP contribution in [0.2, 0.25) is 0 Å². The first kappa shape index (κ1) is 27.1. The summed E-state index contributed by atoms with van der Waals surface area (Å²) in [5.41, 5.74) is 9.41. The molecule has 0 amide bonds. The molecule has 0 saturated heterocycles. The third kappa shape index (κ3) is 5.91. The van der Waals surface area contributed by atoms with E-state index in [9.17, 15) is 13.2 Å². The highest BCUT2D eigenvalue weighted by molar-refractivity contribution is 7.80. The summed E-state index contributed by atoms with van der Waals surface area (Å²) >= 11 is 5.39. The maximum absolute atomic E-state index is 12.5. The van der Waals surface area contributed by atoms with E-state index >= 15 is 0 Å². The van der Waals surface area contributed by atoms with E-state index in [-0.39, 0.29) is 5.75 Å². The van der Waals surface area contributed by atoms with Crippen molar-refractivity contribution < 1.29 is 17.9 Å². The van der Waals surface area contributed by atoms with Crippen molar-refractivity contribution in [3.8, 4) is 11.4 Å². The number of aryl methyl sites for hydroxylation is 3. The topological polar surface area (TPSA) is 63.5 Å². The maximum atomic E-state index is 12.5. The van der Waals surface area contributed by atoms with Crippen LogP contribution in [0.3, 0.4) is 0 Å². The van der Waals surface area contributed by atoms with Crippen LogP contribution in [-0.2, 0) is 0 Å². The Morgan fingerprint density at radius 3 is 2.42 bits per heavy atom. The number of anilines is 1. The molecule has 40 heavy (non-hydrogen) atoms. The van der Waals surface area contributed by atoms with Gasteiger partial charge in [-0.05, 0) is 91.5 Å². The van der Waals surface area contributed by atoms with Gasteiger partial charge < -0.3 is 10.1 Å². The first-order chi connectivity index (χ1) is 19.1. The highest BCUT2D eigenvalue weighted by Crippen LogP contribution is 2.29. The van der Waals surface area contributed by atoms with Crippen LogP contribution >= 0.6 is 12.2 Å². The molecule has 1 aromatic heterocycles. The molecule has 1 heterocycles. The van der Waals surface area contributed by atoms with Crippen LogP contribution in [-0.4, -0.2) is 33.7 Å². The van der Waals surface area contributed by atoms with Crippen molar-refractivity contribution in [2.45, 2.75) is 26.9 Å².